The number of halogens is 1. The summed E-state index contributed by atoms with van der Waals surface area (Å²) in [6.07, 6.45) is 6.48. The maximum atomic E-state index is 13.0. The van der Waals surface area contributed by atoms with Crippen molar-refractivity contribution in [2.24, 2.45) is 0 Å². The molecule has 0 aliphatic carbocycles. The van der Waals surface area contributed by atoms with Gasteiger partial charge in [0.05, 0.1) is 13.0 Å². The fraction of sp³-hybridized carbons (Fsp3) is 0.414. The van der Waals surface area contributed by atoms with Crippen molar-refractivity contribution < 1.29 is 23.5 Å². The number of rotatable bonds is 15. The average Bonchev–Trinajstić information content (AvgIpc) is 2.89. The lowest BCUT2D eigenvalue weighted by Gasteiger charge is -2.44. The first-order valence-electron chi connectivity index (χ1n) is 12.7. The van der Waals surface area contributed by atoms with Gasteiger partial charge in [-0.1, -0.05) is 61.9 Å². The zero-order valence-electron chi connectivity index (χ0n) is 21.4. The average molecular weight is 527 g/mol. The van der Waals surface area contributed by atoms with Crippen LogP contribution in [0.3, 0.4) is 0 Å². The molecule has 1 atom stereocenters. The van der Waals surface area contributed by atoms with E-state index in [1.54, 1.807) is 21.8 Å². The first-order chi connectivity index (χ1) is 17.9. The van der Waals surface area contributed by atoms with Crippen molar-refractivity contribution in [3.8, 4) is 0 Å². The molecule has 1 unspecified atom stereocenters. The molecule has 2 aromatic carbocycles. The predicted molar refractivity (Wildman–Crippen MR) is 144 cm³/mol. The lowest BCUT2D eigenvalue weighted by atomic mass is 10.1. The van der Waals surface area contributed by atoms with Crippen molar-refractivity contribution in [2.45, 2.75) is 56.5 Å². The van der Waals surface area contributed by atoms with Gasteiger partial charge in [0.2, 0.25) is 5.91 Å². The Hall–Kier alpha value is -3.13. The monoisotopic (exact) mass is 526 g/mol. The zero-order valence-corrected chi connectivity index (χ0v) is 22.2. The summed E-state index contributed by atoms with van der Waals surface area (Å²) in [5.74, 6) is 0.0220. The highest BCUT2D eigenvalue weighted by atomic mass is 32.2. The van der Waals surface area contributed by atoms with Crippen LogP contribution in [0, 0.1) is 5.82 Å². The Labute approximate surface area is 222 Å². The third-order valence-electron chi connectivity index (χ3n) is 6.21. The molecule has 0 saturated carbocycles. The molecule has 0 aromatic heterocycles. The van der Waals surface area contributed by atoms with Gasteiger partial charge >= 0.3 is 5.97 Å². The molecule has 8 heteroatoms. The number of amides is 2. The number of ether oxygens (including phenoxy) is 1. The molecular formula is C29H35FN2O4S. The molecule has 1 aliphatic rings. The topological polar surface area (TPSA) is 66.9 Å². The fourth-order valence-electron chi connectivity index (χ4n) is 4.08. The predicted octanol–water partition coefficient (Wildman–Crippen LogP) is 5.11. The maximum absolute atomic E-state index is 13.0. The van der Waals surface area contributed by atoms with Crippen LogP contribution in [0.1, 0.15) is 49.3 Å². The minimum Gasteiger partial charge on any atom is -0.461 e. The summed E-state index contributed by atoms with van der Waals surface area (Å²) in [5, 5.41) is 2.97. The quantitative estimate of drug-likeness (QED) is 0.140. The van der Waals surface area contributed by atoms with E-state index in [1.165, 1.54) is 25.1 Å². The van der Waals surface area contributed by atoms with Crippen molar-refractivity contribution in [3.63, 3.8) is 0 Å². The molecule has 0 radical (unpaired) electrons. The molecule has 1 aliphatic heterocycles. The number of β-lactam (4-membered cyclic amide) rings is 1. The standard InChI is InChI=1S/C29H35FN2O4S/c1-3-18-36-28(34)19-24-9-11-25(12-10-24)21-37-27-20-32(29(27)35)31(22(2)33)17-7-5-4-6-8-23-13-15-26(30)16-14-23/h3,9-16,27H,1,4-8,17-21H2,2H3. The highest BCUT2D eigenvalue weighted by molar-refractivity contribution is 8.00. The number of hydrogen-bond donors (Lipinski definition) is 0. The molecule has 2 amide bonds. The summed E-state index contributed by atoms with van der Waals surface area (Å²) in [5.41, 5.74) is 3.08. The van der Waals surface area contributed by atoms with E-state index in [-0.39, 0.29) is 41.9 Å². The number of esters is 1. The van der Waals surface area contributed by atoms with Gasteiger partial charge in [0, 0.05) is 19.2 Å². The minimum atomic E-state index is -0.290. The van der Waals surface area contributed by atoms with Crippen molar-refractivity contribution in [3.05, 3.63) is 83.7 Å². The minimum absolute atomic E-state index is 0.0295. The Morgan fingerprint density at radius 1 is 1.05 bits per heavy atom. The number of hydrogen-bond acceptors (Lipinski definition) is 5. The number of benzene rings is 2. The van der Waals surface area contributed by atoms with Crippen LogP contribution in [-0.4, -0.2) is 52.7 Å². The van der Waals surface area contributed by atoms with E-state index in [9.17, 15) is 18.8 Å². The number of thioether (sulfide) groups is 1. The van der Waals surface area contributed by atoms with Crippen LogP contribution in [0.25, 0.3) is 0 Å². The van der Waals surface area contributed by atoms with Gasteiger partial charge in [-0.15, -0.1) is 11.8 Å². The van der Waals surface area contributed by atoms with Crippen LogP contribution >= 0.6 is 11.8 Å². The third kappa shape index (κ3) is 9.04. The number of aryl methyl sites for hydroxylation is 1. The SMILES string of the molecule is C=CCOC(=O)Cc1ccc(CSC2CN(N(CCCCCCc3ccc(F)cc3)C(C)=O)C2=O)cc1. The van der Waals surface area contributed by atoms with Crippen LogP contribution in [0.15, 0.2) is 61.2 Å². The van der Waals surface area contributed by atoms with E-state index in [0.29, 0.717) is 18.8 Å². The Balaban J connectivity index is 1.34. The first kappa shape index (κ1) is 28.4. The first-order valence-corrected chi connectivity index (χ1v) is 13.7. The van der Waals surface area contributed by atoms with Gasteiger partial charge in [0.1, 0.15) is 17.7 Å². The van der Waals surface area contributed by atoms with E-state index in [4.69, 9.17) is 4.74 Å². The van der Waals surface area contributed by atoms with Gasteiger partial charge in [-0.25, -0.2) is 9.40 Å². The van der Waals surface area contributed by atoms with E-state index in [0.717, 1.165) is 48.8 Å². The second-order valence-corrected chi connectivity index (χ2v) is 10.3. The molecule has 2 aromatic rings. The Bertz CT molecular complexity index is 1060. The molecule has 198 valence electrons. The molecule has 3 rings (SSSR count). The van der Waals surface area contributed by atoms with Gasteiger partial charge < -0.3 is 4.74 Å². The highest BCUT2D eigenvalue weighted by Gasteiger charge is 2.41. The lowest BCUT2D eigenvalue weighted by Crippen LogP contribution is -2.63. The van der Waals surface area contributed by atoms with E-state index in [1.807, 2.05) is 36.4 Å². The van der Waals surface area contributed by atoms with Crippen LogP contribution in [-0.2, 0) is 37.7 Å². The van der Waals surface area contributed by atoms with Gasteiger partial charge in [-0.3, -0.25) is 19.4 Å². The summed E-state index contributed by atoms with van der Waals surface area (Å²) in [6.45, 7) is 6.29. The fourth-order valence-corrected chi connectivity index (χ4v) is 5.18. The second-order valence-electron chi connectivity index (χ2n) is 9.12. The summed E-state index contributed by atoms with van der Waals surface area (Å²) >= 11 is 1.57. The second kappa shape index (κ2) is 14.6. The zero-order chi connectivity index (χ0) is 26.6. The van der Waals surface area contributed by atoms with Crippen LogP contribution in [0.5, 0.6) is 0 Å². The molecule has 0 bridgehead atoms. The number of carbonyl (C=O) groups is 3. The van der Waals surface area contributed by atoms with Crippen molar-refractivity contribution in [1.82, 2.24) is 10.0 Å². The Morgan fingerprint density at radius 3 is 2.35 bits per heavy atom. The highest BCUT2D eigenvalue weighted by Crippen LogP contribution is 2.29. The van der Waals surface area contributed by atoms with Crippen LogP contribution in [0.2, 0.25) is 0 Å². The molecule has 37 heavy (non-hydrogen) atoms. The Kier molecular flexibility index (Phi) is 11.2. The van der Waals surface area contributed by atoms with Gasteiger partial charge in [0.25, 0.3) is 5.91 Å². The smallest absolute Gasteiger partial charge is 0.310 e. The summed E-state index contributed by atoms with van der Waals surface area (Å²) in [6, 6.07) is 14.3. The normalized spacial score (nSPS) is 14.7. The summed E-state index contributed by atoms with van der Waals surface area (Å²) in [7, 11) is 0. The van der Waals surface area contributed by atoms with Crippen molar-refractivity contribution in [1.29, 1.82) is 0 Å². The van der Waals surface area contributed by atoms with Gasteiger partial charge in [-0.05, 0) is 48.1 Å². The molecule has 0 N–H and O–H groups in total. The number of hydrazine groups is 1. The largest absolute Gasteiger partial charge is 0.461 e. The van der Waals surface area contributed by atoms with Crippen LogP contribution in [0.4, 0.5) is 4.39 Å². The molecular weight excluding hydrogens is 491 g/mol. The summed E-state index contributed by atoms with van der Waals surface area (Å²) < 4.78 is 18.0. The van der Waals surface area contributed by atoms with E-state index >= 15 is 0 Å². The molecule has 1 fully saturated rings. The van der Waals surface area contributed by atoms with Gasteiger partial charge in [-0.2, -0.15) is 0 Å². The van der Waals surface area contributed by atoms with E-state index in [2.05, 4.69) is 6.58 Å². The van der Waals surface area contributed by atoms with E-state index < -0.39 is 0 Å². The van der Waals surface area contributed by atoms with Crippen molar-refractivity contribution >= 4 is 29.5 Å². The molecule has 0 spiro atoms. The number of nitrogens with zero attached hydrogens (tertiary/aromatic N) is 2. The number of unbranched alkanes of at least 4 members (excludes halogenated alkanes) is 3. The van der Waals surface area contributed by atoms with Gasteiger partial charge in [0.15, 0.2) is 0 Å². The van der Waals surface area contributed by atoms with Crippen molar-refractivity contribution in [2.75, 3.05) is 19.7 Å². The summed E-state index contributed by atoms with van der Waals surface area (Å²) in [4.78, 5) is 36.6. The Morgan fingerprint density at radius 2 is 1.70 bits per heavy atom. The third-order valence-corrected chi connectivity index (χ3v) is 7.46. The number of carbonyl (C=O) groups excluding carboxylic acids is 3. The molecule has 6 nitrogen and oxygen atoms in total. The lowest BCUT2D eigenvalue weighted by molar-refractivity contribution is -0.172. The maximum Gasteiger partial charge on any atom is 0.310 e. The molecule has 1 saturated heterocycles. The molecule has 1 heterocycles. The van der Waals surface area contributed by atoms with Crippen LogP contribution < -0.4 is 0 Å².